The fourth-order valence-electron chi connectivity index (χ4n) is 2.03. The van der Waals surface area contributed by atoms with Crippen LogP contribution >= 0.6 is 35.3 Å². The number of pyridine rings is 1. The highest BCUT2D eigenvalue weighted by Gasteiger charge is 2.01. The van der Waals surface area contributed by atoms with Crippen molar-refractivity contribution in [3.05, 3.63) is 51.5 Å². The van der Waals surface area contributed by atoms with Crippen LogP contribution in [0, 0.1) is 13.8 Å². The lowest BCUT2D eigenvalue weighted by molar-refractivity contribution is 0.798. The van der Waals surface area contributed by atoms with Gasteiger partial charge in [-0.2, -0.15) is 0 Å². The van der Waals surface area contributed by atoms with Gasteiger partial charge >= 0.3 is 0 Å². The zero-order valence-electron chi connectivity index (χ0n) is 13.9. The topological polar surface area (TPSA) is 49.3 Å². The van der Waals surface area contributed by atoms with Crippen LogP contribution in [0.3, 0.4) is 0 Å². The summed E-state index contributed by atoms with van der Waals surface area (Å²) in [5, 5.41) is 8.79. The molecule has 0 aliphatic carbocycles. The van der Waals surface area contributed by atoms with E-state index in [1.165, 1.54) is 16.0 Å². The maximum absolute atomic E-state index is 4.65. The molecule has 23 heavy (non-hydrogen) atoms. The van der Waals surface area contributed by atoms with E-state index in [1.54, 1.807) is 11.3 Å². The van der Waals surface area contributed by atoms with Crippen LogP contribution in [0.4, 0.5) is 0 Å². The van der Waals surface area contributed by atoms with E-state index in [9.17, 15) is 0 Å². The Morgan fingerprint density at radius 1 is 1.22 bits per heavy atom. The minimum absolute atomic E-state index is 0. The van der Waals surface area contributed by atoms with Gasteiger partial charge in [0.25, 0.3) is 0 Å². The molecule has 2 aromatic rings. The number of aliphatic imine (C=N–C) groups is 1. The number of rotatable bonds is 6. The highest BCUT2D eigenvalue weighted by Crippen LogP contribution is 2.16. The zero-order valence-corrected chi connectivity index (χ0v) is 17.1. The average molecular weight is 444 g/mol. The first-order valence-corrected chi connectivity index (χ1v) is 8.53. The highest BCUT2D eigenvalue weighted by molar-refractivity contribution is 14.0. The summed E-state index contributed by atoms with van der Waals surface area (Å²) in [5.74, 6) is 0.871. The Hall–Kier alpha value is -1.15. The van der Waals surface area contributed by atoms with Gasteiger partial charge in [-0.15, -0.1) is 35.3 Å². The van der Waals surface area contributed by atoms with Crippen LogP contribution in [-0.2, 0) is 13.0 Å². The maximum atomic E-state index is 4.65. The van der Waals surface area contributed by atoms with Gasteiger partial charge in [-0.05, 0) is 55.8 Å². The van der Waals surface area contributed by atoms with Crippen LogP contribution < -0.4 is 10.6 Å². The number of thiophene rings is 1. The van der Waals surface area contributed by atoms with E-state index < -0.39 is 0 Å². The van der Waals surface area contributed by atoms with Gasteiger partial charge in [-0.25, -0.2) is 4.99 Å². The lowest BCUT2D eigenvalue weighted by atomic mass is 10.2. The predicted octanol–water partition coefficient (Wildman–Crippen LogP) is 3.68. The van der Waals surface area contributed by atoms with Crippen molar-refractivity contribution in [3.8, 4) is 0 Å². The van der Waals surface area contributed by atoms with Crippen LogP contribution in [0.5, 0.6) is 0 Å². The second-order valence-corrected chi connectivity index (χ2v) is 6.21. The minimum atomic E-state index is 0. The molecule has 4 nitrogen and oxygen atoms in total. The van der Waals surface area contributed by atoms with Crippen LogP contribution in [0.15, 0.2) is 34.8 Å². The van der Waals surface area contributed by atoms with E-state index in [0.29, 0.717) is 0 Å². The van der Waals surface area contributed by atoms with Crippen molar-refractivity contribution >= 4 is 41.3 Å². The van der Waals surface area contributed by atoms with E-state index >= 15 is 0 Å². The number of hydrogen-bond donors (Lipinski definition) is 2. The summed E-state index contributed by atoms with van der Waals surface area (Å²) >= 11 is 1.76. The van der Waals surface area contributed by atoms with Crippen molar-refractivity contribution in [1.29, 1.82) is 0 Å². The summed E-state index contributed by atoms with van der Waals surface area (Å²) in [6.45, 7) is 8.65. The van der Waals surface area contributed by atoms with Crippen LogP contribution in [0.1, 0.15) is 28.6 Å². The lowest BCUT2D eigenvalue weighted by Gasteiger charge is -2.11. The van der Waals surface area contributed by atoms with E-state index in [1.807, 2.05) is 19.2 Å². The molecule has 6 heteroatoms. The van der Waals surface area contributed by atoms with Crippen molar-refractivity contribution in [2.75, 3.05) is 13.1 Å². The smallest absolute Gasteiger partial charge is 0.191 e. The second kappa shape index (κ2) is 10.6. The normalized spacial score (nSPS) is 11.0. The predicted molar refractivity (Wildman–Crippen MR) is 110 cm³/mol. The van der Waals surface area contributed by atoms with Gasteiger partial charge in [0.1, 0.15) is 0 Å². The van der Waals surface area contributed by atoms with Crippen LogP contribution in [-0.4, -0.2) is 24.0 Å². The molecule has 0 aliphatic rings. The fraction of sp³-hybridized carbons (Fsp3) is 0.412. The molecule has 0 aromatic carbocycles. The number of aryl methyl sites for hydroxylation is 2. The molecule has 0 atom stereocenters. The van der Waals surface area contributed by atoms with Crippen molar-refractivity contribution in [1.82, 2.24) is 15.6 Å². The number of guanidine groups is 1. The minimum Gasteiger partial charge on any atom is -0.357 e. The molecule has 0 radical (unpaired) electrons. The highest BCUT2D eigenvalue weighted by atomic mass is 127. The molecular weight excluding hydrogens is 419 g/mol. The first-order valence-electron chi connectivity index (χ1n) is 7.65. The van der Waals surface area contributed by atoms with Gasteiger partial charge < -0.3 is 10.6 Å². The van der Waals surface area contributed by atoms with Crippen LogP contribution in [0.2, 0.25) is 0 Å². The largest absolute Gasteiger partial charge is 0.357 e. The van der Waals surface area contributed by atoms with E-state index in [2.05, 4.69) is 52.0 Å². The Morgan fingerprint density at radius 2 is 2.04 bits per heavy atom. The number of nitrogens with zero attached hydrogens (tertiary/aromatic N) is 2. The number of hydrogen-bond acceptors (Lipinski definition) is 3. The van der Waals surface area contributed by atoms with Crippen molar-refractivity contribution in [2.24, 2.45) is 4.99 Å². The molecule has 2 rings (SSSR count). The molecular formula is C17H25IN4S. The Kier molecular flexibility index (Phi) is 9.16. The molecule has 0 saturated carbocycles. The Labute approximate surface area is 159 Å². The van der Waals surface area contributed by atoms with E-state index in [-0.39, 0.29) is 24.0 Å². The summed E-state index contributed by atoms with van der Waals surface area (Å²) in [4.78, 5) is 10.3. The summed E-state index contributed by atoms with van der Waals surface area (Å²) in [5.41, 5.74) is 3.61. The maximum Gasteiger partial charge on any atom is 0.191 e. The van der Waals surface area contributed by atoms with Gasteiger partial charge in [0.05, 0.1) is 6.54 Å². The van der Waals surface area contributed by atoms with Crippen molar-refractivity contribution in [3.63, 3.8) is 0 Å². The Balaban J connectivity index is 0.00000264. The fourth-order valence-corrected chi connectivity index (χ4v) is 2.86. The molecule has 0 bridgehead atoms. The summed E-state index contributed by atoms with van der Waals surface area (Å²) < 4.78 is 0. The monoisotopic (exact) mass is 444 g/mol. The van der Waals surface area contributed by atoms with Gasteiger partial charge in [-0.3, -0.25) is 4.98 Å². The number of nitrogens with one attached hydrogen (secondary N) is 2. The molecule has 0 spiro atoms. The van der Waals surface area contributed by atoms with Gasteiger partial charge in [0.2, 0.25) is 0 Å². The molecule has 126 valence electrons. The molecule has 2 N–H and O–H groups in total. The van der Waals surface area contributed by atoms with E-state index in [0.717, 1.165) is 37.7 Å². The van der Waals surface area contributed by atoms with Gasteiger partial charge in [0, 0.05) is 29.9 Å². The number of aromatic nitrogens is 1. The Bertz CT molecular complexity index is 607. The molecule has 0 unspecified atom stereocenters. The Morgan fingerprint density at radius 3 is 2.65 bits per heavy atom. The molecule has 0 amide bonds. The summed E-state index contributed by atoms with van der Waals surface area (Å²) in [6.07, 6.45) is 2.88. The van der Waals surface area contributed by atoms with Gasteiger partial charge in [-0.1, -0.05) is 6.07 Å². The number of halogens is 1. The van der Waals surface area contributed by atoms with Crippen molar-refractivity contribution < 1.29 is 0 Å². The first kappa shape index (κ1) is 19.9. The SMILES string of the molecule is CCNC(=NCc1sccc1C)NCCc1ccc(C)nc1.I. The lowest BCUT2D eigenvalue weighted by Crippen LogP contribution is -2.38. The third kappa shape index (κ3) is 6.87. The van der Waals surface area contributed by atoms with Crippen LogP contribution in [0.25, 0.3) is 0 Å². The third-order valence-electron chi connectivity index (χ3n) is 3.37. The second-order valence-electron chi connectivity index (χ2n) is 5.21. The van der Waals surface area contributed by atoms with E-state index in [4.69, 9.17) is 0 Å². The quantitative estimate of drug-likeness (QED) is 0.406. The molecule has 2 aromatic heterocycles. The molecule has 0 saturated heterocycles. The van der Waals surface area contributed by atoms with Gasteiger partial charge in [0.15, 0.2) is 5.96 Å². The molecule has 2 heterocycles. The third-order valence-corrected chi connectivity index (χ3v) is 4.38. The zero-order chi connectivity index (χ0) is 15.8. The van der Waals surface area contributed by atoms with Crippen molar-refractivity contribution in [2.45, 2.75) is 33.7 Å². The summed E-state index contributed by atoms with van der Waals surface area (Å²) in [7, 11) is 0. The molecule has 0 aliphatic heterocycles. The molecule has 0 fully saturated rings. The first-order chi connectivity index (χ1) is 10.7. The standard InChI is InChI=1S/C17H24N4S.HI/c1-4-18-17(21-12-16-13(2)8-10-22-16)19-9-7-15-6-5-14(3)20-11-15;/h5-6,8,10-11H,4,7,9,12H2,1-3H3,(H2,18,19,21);1H. The average Bonchev–Trinajstić information content (AvgIpc) is 2.92. The summed E-state index contributed by atoms with van der Waals surface area (Å²) in [6, 6.07) is 6.32.